The molecule has 0 bridgehead atoms. The van der Waals surface area contributed by atoms with E-state index in [-0.39, 0.29) is 36.9 Å². The van der Waals surface area contributed by atoms with Gasteiger partial charge in [0.05, 0.1) is 38.6 Å². The van der Waals surface area contributed by atoms with E-state index in [1.54, 1.807) is 31.4 Å². The van der Waals surface area contributed by atoms with E-state index in [0.29, 0.717) is 34.8 Å². The molecule has 0 saturated heterocycles. The van der Waals surface area contributed by atoms with Crippen molar-refractivity contribution in [2.24, 2.45) is 11.8 Å². The number of hydrogen-bond acceptors (Lipinski definition) is 7. The van der Waals surface area contributed by atoms with E-state index in [2.05, 4.69) is 0 Å². The van der Waals surface area contributed by atoms with Gasteiger partial charge in [0, 0.05) is 34.9 Å². The maximum atomic E-state index is 11.6. The minimum absolute atomic E-state index is 0.198. The molecular formula is C32H36O7. The molecule has 6 rings (SSSR count). The summed E-state index contributed by atoms with van der Waals surface area (Å²) in [6.45, 7) is 0.518. The lowest BCUT2D eigenvalue weighted by Gasteiger charge is -2.40. The molecule has 3 aliphatic rings. The molecule has 7 heteroatoms. The number of aliphatic hydroxyl groups is 2. The van der Waals surface area contributed by atoms with E-state index < -0.39 is 12.2 Å². The molecule has 3 aromatic carbocycles. The fraction of sp³-hybridized carbons (Fsp3) is 0.438. The zero-order valence-electron chi connectivity index (χ0n) is 22.2. The molecule has 2 aliphatic heterocycles. The highest BCUT2D eigenvalue weighted by Crippen LogP contribution is 2.48. The van der Waals surface area contributed by atoms with Crippen molar-refractivity contribution >= 4 is 0 Å². The topological polar surface area (TPSA) is 97.6 Å². The number of ether oxygens (including phenoxy) is 4. The lowest BCUT2D eigenvalue weighted by molar-refractivity contribution is -0.0555. The van der Waals surface area contributed by atoms with Gasteiger partial charge in [-0.25, -0.2) is 0 Å². The number of rotatable bonds is 6. The lowest BCUT2D eigenvalue weighted by atomic mass is 9.77. The molecule has 206 valence electrons. The van der Waals surface area contributed by atoms with Crippen molar-refractivity contribution in [1.82, 2.24) is 0 Å². The first-order valence-corrected chi connectivity index (χ1v) is 13.9. The van der Waals surface area contributed by atoms with Gasteiger partial charge in [-0.15, -0.1) is 0 Å². The third kappa shape index (κ3) is 5.25. The van der Waals surface area contributed by atoms with Crippen molar-refractivity contribution in [3.8, 4) is 28.7 Å². The fourth-order valence-corrected chi connectivity index (χ4v) is 6.28. The summed E-state index contributed by atoms with van der Waals surface area (Å²) in [5, 5.41) is 33.0. The van der Waals surface area contributed by atoms with Crippen LogP contribution in [0.4, 0.5) is 0 Å². The molecule has 3 N–H and O–H groups in total. The highest BCUT2D eigenvalue weighted by Gasteiger charge is 2.43. The standard InChI is InChI=1S/C32H36O7/c1-36-24-14-20(12-19-6-5-7-21(33)13-19)32-26(16-24)31(35)28(18-38-32)27-17-37-29-11-10-23(15-25(29)30(27)34)39-22-8-3-2-4-9-22/h5-7,10-11,13-16,22,27-28,30-31,33-35H,2-4,8-9,12,17-18H2,1H3/t27-,28-,30+,31-/m1/s1. The van der Waals surface area contributed by atoms with E-state index >= 15 is 0 Å². The van der Waals surface area contributed by atoms with Gasteiger partial charge < -0.3 is 34.3 Å². The van der Waals surface area contributed by atoms with Gasteiger partial charge in [-0.05, 0) is 73.7 Å². The number of fused-ring (bicyclic) bond motifs is 2. The van der Waals surface area contributed by atoms with E-state index in [9.17, 15) is 15.3 Å². The van der Waals surface area contributed by atoms with E-state index in [1.165, 1.54) is 19.3 Å². The largest absolute Gasteiger partial charge is 0.508 e. The Bertz CT molecular complexity index is 1320. The number of benzene rings is 3. The number of aromatic hydroxyl groups is 1. The zero-order chi connectivity index (χ0) is 26.9. The van der Waals surface area contributed by atoms with E-state index in [4.69, 9.17) is 18.9 Å². The number of hydrogen-bond donors (Lipinski definition) is 3. The molecule has 0 amide bonds. The quantitative estimate of drug-likeness (QED) is 0.386. The molecule has 7 nitrogen and oxygen atoms in total. The average Bonchev–Trinajstić information content (AvgIpc) is 2.95. The summed E-state index contributed by atoms with van der Waals surface area (Å²) in [6, 6.07) is 16.5. The smallest absolute Gasteiger partial charge is 0.128 e. The Morgan fingerprint density at radius 1 is 0.821 bits per heavy atom. The van der Waals surface area contributed by atoms with Crippen LogP contribution in [0.1, 0.15) is 66.6 Å². The van der Waals surface area contributed by atoms with Crippen molar-refractivity contribution in [3.05, 3.63) is 76.9 Å². The molecule has 0 spiro atoms. The Balaban J connectivity index is 1.24. The second kappa shape index (κ2) is 11.0. The molecule has 1 fully saturated rings. The van der Waals surface area contributed by atoms with Crippen LogP contribution in [0.3, 0.4) is 0 Å². The number of methoxy groups -OCH3 is 1. The second-order valence-corrected chi connectivity index (χ2v) is 11.0. The third-order valence-electron chi connectivity index (χ3n) is 8.39. The van der Waals surface area contributed by atoms with Gasteiger partial charge in [0.15, 0.2) is 0 Å². The van der Waals surface area contributed by atoms with Crippen molar-refractivity contribution in [2.75, 3.05) is 20.3 Å². The average molecular weight is 533 g/mol. The predicted octanol–water partition coefficient (Wildman–Crippen LogP) is 5.49. The zero-order valence-corrected chi connectivity index (χ0v) is 22.2. The number of phenolic OH excluding ortho intramolecular Hbond substituents is 1. The summed E-state index contributed by atoms with van der Waals surface area (Å²) in [4.78, 5) is 0. The van der Waals surface area contributed by atoms with Crippen LogP contribution in [0, 0.1) is 11.8 Å². The molecule has 2 heterocycles. The summed E-state index contributed by atoms with van der Waals surface area (Å²) in [5.41, 5.74) is 3.10. The number of aliphatic hydroxyl groups excluding tert-OH is 2. The van der Waals surface area contributed by atoms with Crippen LogP contribution >= 0.6 is 0 Å². The summed E-state index contributed by atoms with van der Waals surface area (Å²) < 4.78 is 24.1. The van der Waals surface area contributed by atoms with Crippen molar-refractivity contribution < 1.29 is 34.3 Å². The normalized spacial score (nSPS) is 24.6. The Hall–Kier alpha value is -3.42. The highest BCUT2D eigenvalue weighted by molar-refractivity contribution is 5.52. The maximum Gasteiger partial charge on any atom is 0.128 e. The summed E-state index contributed by atoms with van der Waals surface area (Å²) >= 11 is 0. The van der Waals surface area contributed by atoms with Crippen molar-refractivity contribution in [2.45, 2.75) is 56.8 Å². The second-order valence-electron chi connectivity index (χ2n) is 11.0. The van der Waals surface area contributed by atoms with Gasteiger partial charge >= 0.3 is 0 Å². The Morgan fingerprint density at radius 2 is 1.56 bits per heavy atom. The first-order valence-electron chi connectivity index (χ1n) is 13.9. The van der Waals surface area contributed by atoms with Crippen LogP contribution in [0.25, 0.3) is 0 Å². The third-order valence-corrected chi connectivity index (χ3v) is 8.39. The molecule has 1 aliphatic carbocycles. The molecule has 0 aromatic heterocycles. The Labute approximate surface area is 228 Å². The molecule has 3 aromatic rings. The molecule has 1 saturated carbocycles. The predicted molar refractivity (Wildman–Crippen MR) is 146 cm³/mol. The fourth-order valence-electron chi connectivity index (χ4n) is 6.28. The van der Waals surface area contributed by atoms with Crippen molar-refractivity contribution in [1.29, 1.82) is 0 Å². The minimum Gasteiger partial charge on any atom is -0.508 e. The minimum atomic E-state index is -0.877. The van der Waals surface area contributed by atoms with Crippen LogP contribution in [0.15, 0.2) is 54.6 Å². The van der Waals surface area contributed by atoms with Crippen LogP contribution in [0.5, 0.6) is 28.7 Å². The van der Waals surface area contributed by atoms with Gasteiger partial charge in [-0.3, -0.25) is 0 Å². The first kappa shape index (κ1) is 25.8. The molecular weight excluding hydrogens is 496 g/mol. The Morgan fingerprint density at radius 3 is 2.33 bits per heavy atom. The van der Waals surface area contributed by atoms with Crippen LogP contribution in [-0.4, -0.2) is 41.7 Å². The van der Waals surface area contributed by atoms with Crippen LogP contribution in [0.2, 0.25) is 0 Å². The first-order chi connectivity index (χ1) is 19.0. The van der Waals surface area contributed by atoms with E-state index in [0.717, 1.165) is 29.7 Å². The SMILES string of the molecule is COc1cc(Cc2cccc(O)c2)c2c(c1)[C@@H](O)[C@@H]([C@H]1COc3ccc(OC4CCCCC4)cc3[C@@H]1O)CO2. The summed E-state index contributed by atoms with van der Waals surface area (Å²) in [7, 11) is 1.59. The van der Waals surface area contributed by atoms with Gasteiger partial charge in [0.1, 0.15) is 28.7 Å². The van der Waals surface area contributed by atoms with Gasteiger partial charge in [-0.2, -0.15) is 0 Å². The van der Waals surface area contributed by atoms with E-state index in [1.807, 2.05) is 30.3 Å². The van der Waals surface area contributed by atoms with Gasteiger partial charge in [0.25, 0.3) is 0 Å². The Kier molecular flexibility index (Phi) is 7.28. The summed E-state index contributed by atoms with van der Waals surface area (Å²) in [6.07, 6.45) is 4.76. The van der Waals surface area contributed by atoms with Crippen molar-refractivity contribution in [3.63, 3.8) is 0 Å². The van der Waals surface area contributed by atoms with Crippen LogP contribution < -0.4 is 18.9 Å². The van der Waals surface area contributed by atoms with Gasteiger partial charge in [-0.1, -0.05) is 18.6 Å². The number of phenols is 1. The highest BCUT2D eigenvalue weighted by atomic mass is 16.5. The lowest BCUT2D eigenvalue weighted by Crippen LogP contribution is -2.40. The monoisotopic (exact) mass is 532 g/mol. The molecule has 4 atom stereocenters. The molecule has 39 heavy (non-hydrogen) atoms. The molecule has 0 radical (unpaired) electrons. The van der Waals surface area contributed by atoms with Gasteiger partial charge in [0.2, 0.25) is 0 Å². The molecule has 0 unspecified atom stereocenters. The van der Waals surface area contributed by atoms with Crippen LogP contribution in [-0.2, 0) is 6.42 Å². The maximum absolute atomic E-state index is 11.6. The summed E-state index contributed by atoms with van der Waals surface area (Å²) in [5.74, 6) is 2.08.